The van der Waals surface area contributed by atoms with Gasteiger partial charge in [-0.2, -0.15) is 0 Å². The molecule has 1 atom stereocenters. The number of carboxylic acid groups (broad SMARTS) is 1. The number of morpholine rings is 1. The largest absolute Gasteiger partial charge is 0.465 e. The molecule has 0 radical (unpaired) electrons. The van der Waals surface area contributed by atoms with Crippen molar-refractivity contribution in [1.82, 2.24) is 4.90 Å². The first-order chi connectivity index (χ1) is 8.08. The topological polar surface area (TPSA) is 49.8 Å². The predicted octanol–water partition coefficient (Wildman–Crippen LogP) is 3.15. The quantitative estimate of drug-likeness (QED) is 0.865. The van der Waals surface area contributed by atoms with E-state index in [2.05, 4.69) is 15.9 Å². The Morgan fingerprint density at radius 2 is 2.35 bits per heavy atom. The maximum Gasteiger partial charge on any atom is 0.407 e. The maximum absolute atomic E-state index is 10.9. The summed E-state index contributed by atoms with van der Waals surface area (Å²) in [5.74, 6) is 0. The van der Waals surface area contributed by atoms with Gasteiger partial charge in [0.25, 0.3) is 0 Å². The summed E-state index contributed by atoms with van der Waals surface area (Å²) in [6.45, 7) is 1.11. The van der Waals surface area contributed by atoms with Gasteiger partial charge >= 0.3 is 6.09 Å². The Hall–Kier alpha value is -0.780. The molecule has 1 aromatic rings. The smallest absolute Gasteiger partial charge is 0.407 e. The number of benzene rings is 1. The molecule has 0 spiro atoms. The van der Waals surface area contributed by atoms with E-state index in [1.807, 2.05) is 12.1 Å². The zero-order valence-electron chi connectivity index (χ0n) is 8.90. The fraction of sp³-hybridized carbons (Fsp3) is 0.364. The lowest BCUT2D eigenvalue weighted by Crippen LogP contribution is -2.41. The van der Waals surface area contributed by atoms with Crippen molar-refractivity contribution < 1.29 is 14.6 Å². The highest BCUT2D eigenvalue weighted by atomic mass is 79.9. The van der Waals surface area contributed by atoms with Crippen molar-refractivity contribution in [3.8, 4) is 0 Å². The van der Waals surface area contributed by atoms with E-state index in [0.717, 1.165) is 10.0 Å². The lowest BCUT2D eigenvalue weighted by atomic mass is 10.1. The summed E-state index contributed by atoms with van der Waals surface area (Å²) in [6.07, 6.45) is -1.22. The van der Waals surface area contributed by atoms with Gasteiger partial charge in [0, 0.05) is 21.6 Å². The molecule has 0 bridgehead atoms. The normalized spacial score (nSPS) is 20.4. The van der Waals surface area contributed by atoms with Crippen LogP contribution in [-0.2, 0) is 4.74 Å². The van der Waals surface area contributed by atoms with Crippen LogP contribution >= 0.6 is 27.5 Å². The predicted molar refractivity (Wildman–Crippen MR) is 67.4 cm³/mol. The Balaban J connectivity index is 2.19. The molecule has 17 heavy (non-hydrogen) atoms. The van der Waals surface area contributed by atoms with Gasteiger partial charge in [-0.05, 0) is 12.1 Å². The summed E-state index contributed by atoms with van der Waals surface area (Å²) < 4.78 is 6.45. The highest BCUT2D eigenvalue weighted by Crippen LogP contribution is 2.30. The van der Waals surface area contributed by atoms with Crippen molar-refractivity contribution in [1.29, 1.82) is 0 Å². The van der Waals surface area contributed by atoms with E-state index in [0.29, 0.717) is 24.7 Å². The maximum atomic E-state index is 10.9. The van der Waals surface area contributed by atoms with Crippen LogP contribution in [0.15, 0.2) is 22.7 Å². The Morgan fingerprint density at radius 1 is 1.59 bits per heavy atom. The van der Waals surface area contributed by atoms with Crippen molar-refractivity contribution in [2.75, 3.05) is 19.7 Å². The molecule has 1 aliphatic heterocycles. The Kier molecular flexibility index (Phi) is 3.91. The van der Waals surface area contributed by atoms with Crippen molar-refractivity contribution >= 4 is 33.6 Å². The molecule has 1 N–H and O–H groups in total. The standard InChI is InChI=1S/C11H11BrClNO3/c12-7-1-2-8(9(13)5-7)10-6-14(11(15)16)3-4-17-10/h1-2,5,10H,3-4,6H2,(H,15,16). The van der Waals surface area contributed by atoms with Gasteiger partial charge in [-0.15, -0.1) is 0 Å². The summed E-state index contributed by atoms with van der Waals surface area (Å²) in [5, 5.41) is 9.53. The molecule has 0 aliphatic carbocycles. The average Bonchev–Trinajstić information content (AvgIpc) is 2.29. The van der Waals surface area contributed by atoms with Crippen LogP contribution in [0.3, 0.4) is 0 Å². The number of hydrogen-bond donors (Lipinski definition) is 1. The Bertz CT molecular complexity index is 441. The van der Waals surface area contributed by atoms with Gasteiger partial charge in [-0.3, -0.25) is 0 Å². The molecule has 1 unspecified atom stereocenters. The lowest BCUT2D eigenvalue weighted by Gasteiger charge is -2.31. The monoisotopic (exact) mass is 319 g/mol. The molecule has 1 heterocycles. The average molecular weight is 321 g/mol. The Labute approximate surface area is 112 Å². The summed E-state index contributed by atoms with van der Waals surface area (Å²) in [7, 11) is 0. The second-order valence-electron chi connectivity index (χ2n) is 3.75. The zero-order valence-corrected chi connectivity index (χ0v) is 11.2. The Morgan fingerprint density at radius 3 is 3.00 bits per heavy atom. The number of hydrogen-bond acceptors (Lipinski definition) is 2. The number of rotatable bonds is 1. The van der Waals surface area contributed by atoms with Gasteiger partial charge in [-0.25, -0.2) is 4.79 Å². The summed E-state index contributed by atoms with van der Waals surface area (Å²) >= 11 is 9.44. The molecule has 1 aromatic carbocycles. The molecular formula is C11H11BrClNO3. The van der Waals surface area contributed by atoms with Crippen LogP contribution in [-0.4, -0.2) is 35.8 Å². The van der Waals surface area contributed by atoms with E-state index < -0.39 is 6.09 Å². The van der Waals surface area contributed by atoms with Crippen molar-refractivity contribution in [3.05, 3.63) is 33.3 Å². The first-order valence-corrected chi connectivity index (χ1v) is 6.29. The molecule has 1 aliphatic rings. The van der Waals surface area contributed by atoms with E-state index in [1.54, 1.807) is 6.07 Å². The molecular weight excluding hydrogens is 309 g/mol. The number of ether oxygens (including phenoxy) is 1. The number of nitrogens with zero attached hydrogens (tertiary/aromatic N) is 1. The van der Waals surface area contributed by atoms with E-state index in [9.17, 15) is 4.79 Å². The van der Waals surface area contributed by atoms with Gasteiger partial charge < -0.3 is 14.7 Å². The van der Waals surface area contributed by atoms with Gasteiger partial charge in [-0.1, -0.05) is 33.6 Å². The van der Waals surface area contributed by atoms with E-state index >= 15 is 0 Å². The molecule has 1 amide bonds. The molecule has 4 nitrogen and oxygen atoms in total. The summed E-state index contributed by atoms with van der Waals surface area (Å²) in [4.78, 5) is 12.2. The second-order valence-corrected chi connectivity index (χ2v) is 5.08. The fourth-order valence-electron chi connectivity index (χ4n) is 1.77. The first kappa shape index (κ1) is 12.7. The van der Waals surface area contributed by atoms with Gasteiger partial charge in [0.15, 0.2) is 0 Å². The van der Waals surface area contributed by atoms with Crippen LogP contribution in [0.1, 0.15) is 11.7 Å². The molecule has 6 heteroatoms. The van der Waals surface area contributed by atoms with Crippen LogP contribution in [0.5, 0.6) is 0 Å². The van der Waals surface area contributed by atoms with Crippen LogP contribution in [0.25, 0.3) is 0 Å². The minimum Gasteiger partial charge on any atom is -0.465 e. The van der Waals surface area contributed by atoms with E-state index in [1.165, 1.54) is 4.90 Å². The molecule has 1 saturated heterocycles. The molecule has 0 saturated carbocycles. The van der Waals surface area contributed by atoms with Gasteiger partial charge in [0.05, 0.1) is 13.2 Å². The molecule has 0 aromatic heterocycles. The molecule has 1 fully saturated rings. The molecule has 92 valence electrons. The van der Waals surface area contributed by atoms with Gasteiger partial charge in [0.2, 0.25) is 0 Å². The van der Waals surface area contributed by atoms with Crippen LogP contribution < -0.4 is 0 Å². The summed E-state index contributed by atoms with van der Waals surface area (Å²) in [5.41, 5.74) is 0.820. The molecule has 2 rings (SSSR count). The highest BCUT2D eigenvalue weighted by molar-refractivity contribution is 9.10. The third-order valence-corrected chi connectivity index (χ3v) is 3.47. The number of carbonyl (C=O) groups is 1. The van der Waals surface area contributed by atoms with Crippen molar-refractivity contribution in [2.24, 2.45) is 0 Å². The minimum atomic E-state index is -0.925. The van der Waals surface area contributed by atoms with Crippen LogP contribution in [0.4, 0.5) is 4.79 Å². The van der Waals surface area contributed by atoms with Crippen molar-refractivity contribution in [3.63, 3.8) is 0 Å². The first-order valence-electron chi connectivity index (χ1n) is 5.12. The highest BCUT2D eigenvalue weighted by Gasteiger charge is 2.26. The third-order valence-electron chi connectivity index (χ3n) is 2.65. The zero-order chi connectivity index (χ0) is 12.4. The second kappa shape index (κ2) is 5.25. The lowest BCUT2D eigenvalue weighted by molar-refractivity contribution is -0.0231. The SMILES string of the molecule is O=C(O)N1CCOC(c2ccc(Br)cc2Cl)C1. The van der Waals surface area contributed by atoms with E-state index in [-0.39, 0.29) is 6.10 Å². The third kappa shape index (κ3) is 2.91. The van der Waals surface area contributed by atoms with E-state index in [4.69, 9.17) is 21.4 Å². The number of amides is 1. The van der Waals surface area contributed by atoms with Crippen LogP contribution in [0, 0.1) is 0 Å². The minimum absolute atomic E-state index is 0.291. The van der Waals surface area contributed by atoms with Crippen LogP contribution in [0.2, 0.25) is 5.02 Å². The number of halogens is 2. The van der Waals surface area contributed by atoms with Crippen molar-refractivity contribution in [2.45, 2.75) is 6.10 Å². The fourth-order valence-corrected chi connectivity index (χ4v) is 2.57. The van der Waals surface area contributed by atoms with Gasteiger partial charge in [0.1, 0.15) is 6.10 Å². The summed E-state index contributed by atoms with van der Waals surface area (Å²) in [6, 6.07) is 5.49.